The van der Waals surface area contributed by atoms with Gasteiger partial charge in [-0.15, -0.1) is 0 Å². The highest BCUT2D eigenvalue weighted by Crippen LogP contribution is 2.04. The standard InChI is InChI=1S/C16H24N2OS/c1-2-3-4-5-6-10-13-17-16(20)18-15(19)14-11-8-7-9-12-14/h7-9,11-12H,2-6,10,13H2,1H3,(H2,17,18,19,20). The van der Waals surface area contributed by atoms with Gasteiger partial charge in [-0.2, -0.15) is 0 Å². The highest BCUT2D eigenvalue weighted by molar-refractivity contribution is 7.80. The van der Waals surface area contributed by atoms with E-state index in [-0.39, 0.29) is 5.91 Å². The van der Waals surface area contributed by atoms with Crippen molar-refractivity contribution in [2.24, 2.45) is 0 Å². The van der Waals surface area contributed by atoms with Crippen molar-refractivity contribution in [3.8, 4) is 0 Å². The van der Waals surface area contributed by atoms with Crippen molar-refractivity contribution in [3.05, 3.63) is 35.9 Å². The van der Waals surface area contributed by atoms with Gasteiger partial charge in [0.25, 0.3) is 5.91 Å². The molecule has 1 aromatic carbocycles. The summed E-state index contributed by atoms with van der Waals surface area (Å²) in [6, 6.07) is 9.09. The zero-order valence-electron chi connectivity index (χ0n) is 12.2. The van der Waals surface area contributed by atoms with Gasteiger partial charge in [-0.3, -0.25) is 10.1 Å². The van der Waals surface area contributed by atoms with Crippen molar-refractivity contribution in [1.29, 1.82) is 0 Å². The first-order chi connectivity index (χ1) is 9.74. The quantitative estimate of drug-likeness (QED) is 0.567. The van der Waals surface area contributed by atoms with Crippen LogP contribution in [0, 0.1) is 0 Å². The van der Waals surface area contributed by atoms with Gasteiger partial charge in [0.15, 0.2) is 5.11 Å². The molecular weight excluding hydrogens is 268 g/mol. The van der Waals surface area contributed by atoms with Gasteiger partial charge in [0.05, 0.1) is 0 Å². The molecule has 0 saturated heterocycles. The first kappa shape index (κ1) is 16.6. The first-order valence-electron chi connectivity index (χ1n) is 7.38. The molecule has 0 fully saturated rings. The zero-order chi connectivity index (χ0) is 14.6. The largest absolute Gasteiger partial charge is 0.362 e. The minimum Gasteiger partial charge on any atom is -0.362 e. The SMILES string of the molecule is CCCCCCCCNC(=S)NC(=O)c1ccccc1. The molecule has 2 N–H and O–H groups in total. The third-order valence-corrected chi connectivity index (χ3v) is 3.33. The Bertz CT molecular complexity index is 406. The Morgan fingerprint density at radius 1 is 1.05 bits per heavy atom. The molecule has 0 bridgehead atoms. The summed E-state index contributed by atoms with van der Waals surface area (Å²) >= 11 is 5.11. The van der Waals surface area contributed by atoms with Crippen molar-refractivity contribution in [3.63, 3.8) is 0 Å². The monoisotopic (exact) mass is 292 g/mol. The second-order valence-electron chi connectivity index (χ2n) is 4.84. The van der Waals surface area contributed by atoms with Gasteiger partial charge in [-0.1, -0.05) is 57.2 Å². The van der Waals surface area contributed by atoms with Gasteiger partial charge < -0.3 is 5.32 Å². The lowest BCUT2D eigenvalue weighted by Crippen LogP contribution is -2.39. The van der Waals surface area contributed by atoms with Gasteiger partial charge in [0, 0.05) is 12.1 Å². The molecule has 0 radical (unpaired) electrons. The first-order valence-corrected chi connectivity index (χ1v) is 7.79. The van der Waals surface area contributed by atoms with Crippen LogP contribution >= 0.6 is 12.2 Å². The fraction of sp³-hybridized carbons (Fsp3) is 0.500. The van der Waals surface area contributed by atoms with Crippen molar-refractivity contribution in [2.45, 2.75) is 45.4 Å². The Kier molecular flexibility index (Phi) is 8.63. The van der Waals surface area contributed by atoms with Crippen LogP contribution in [0.2, 0.25) is 0 Å². The van der Waals surface area contributed by atoms with E-state index in [4.69, 9.17) is 12.2 Å². The molecule has 0 aromatic heterocycles. The van der Waals surface area contributed by atoms with E-state index >= 15 is 0 Å². The number of hydrogen-bond donors (Lipinski definition) is 2. The Hall–Kier alpha value is -1.42. The molecule has 0 heterocycles. The lowest BCUT2D eigenvalue weighted by atomic mass is 10.1. The molecule has 3 nitrogen and oxygen atoms in total. The topological polar surface area (TPSA) is 41.1 Å². The third kappa shape index (κ3) is 7.24. The number of carbonyl (C=O) groups excluding carboxylic acids is 1. The molecule has 20 heavy (non-hydrogen) atoms. The number of benzene rings is 1. The second kappa shape index (κ2) is 10.4. The van der Waals surface area contributed by atoms with E-state index in [1.807, 2.05) is 18.2 Å². The molecule has 0 aliphatic heterocycles. The number of thiocarbonyl (C=S) groups is 1. The molecule has 4 heteroatoms. The van der Waals surface area contributed by atoms with Gasteiger partial charge in [0.1, 0.15) is 0 Å². The molecule has 1 amide bonds. The number of amides is 1. The molecule has 1 rings (SSSR count). The number of unbranched alkanes of at least 4 members (excludes halogenated alkanes) is 5. The number of carbonyl (C=O) groups is 1. The number of nitrogens with one attached hydrogen (secondary N) is 2. The van der Waals surface area contributed by atoms with Crippen LogP contribution in [0.4, 0.5) is 0 Å². The average molecular weight is 292 g/mol. The lowest BCUT2D eigenvalue weighted by Gasteiger charge is -2.09. The van der Waals surface area contributed by atoms with Crippen LogP contribution in [0.3, 0.4) is 0 Å². The maximum absolute atomic E-state index is 11.8. The average Bonchev–Trinajstić information content (AvgIpc) is 2.47. The number of hydrogen-bond acceptors (Lipinski definition) is 2. The van der Waals surface area contributed by atoms with Crippen molar-refractivity contribution in [1.82, 2.24) is 10.6 Å². The van der Waals surface area contributed by atoms with Gasteiger partial charge in [0.2, 0.25) is 0 Å². The smallest absolute Gasteiger partial charge is 0.257 e. The lowest BCUT2D eigenvalue weighted by molar-refractivity contribution is 0.0976. The fourth-order valence-electron chi connectivity index (χ4n) is 1.92. The Balaban J connectivity index is 2.10. The van der Waals surface area contributed by atoms with Crippen molar-refractivity contribution in [2.75, 3.05) is 6.54 Å². The van der Waals surface area contributed by atoms with E-state index in [1.54, 1.807) is 12.1 Å². The molecular formula is C16H24N2OS. The summed E-state index contributed by atoms with van der Waals surface area (Å²) in [5.41, 5.74) is 0.621. The maximum atomic E-state index is 11.8. The van der Waals surface area contributed by atoms with E-state index in [1.165, 1.54) is 32.1 Å². The molecule has 0 saturated carbocycles. The summed E-state index contributed by atoms with van der Waals surface area (Å²) in [5, 5.41) is 6.17. The van der Waals surface area contributed by atoms with Gasteiger partial charge >= 0.3 is 0 Å². The van der Waals surface area contributed by atoms with Gasteiger partial charge in [-0.25, -0.2) is 0 Å². The van der Waals surface area contributed by atoms with Crippen molar-refractivity contribution >= 4 is 23.2 Å². The molecule has 0 aliphatic rings. The normalized spacial score (nSPS) is 10.1. The minimum absolute atomic E-state index is 0.161. The molecule has 0 atom stereocenters. The summed E-state index contributed by atoms with van der Waals surface area (Å²) in [6.45, 7) is 3.04. The highest BCUT2D eigenvalue weighted by atomic mass is 32.1. The fourth-order valence-corrected chi connectivity index (χ4v) is 2.11. The zero-order valence-corrected chi connectivity index (χ0v) is 13.0. The summed E-state index contributed by atoms with van der Waals surface area (Å²) < 4.78 is 0. The van der Waals surface area contributed by atoms with E-state index in [9.17, 15) is 4.79 Å². The molecule has 1 aromatic rings. The molecule has 0 aliphatic carbocycles. The van der Waals surface area contributed by atoms with E-state index in [0.29, 0.717) is 10.7 Å². The van der Waals surface area contributed by atoms with Crippen LogP contribution in [0.25, 0.3) is 0 Å². The second-order valence-corrected chi connectivity index (χ2v) is 5.25. The molecule has 0 spiro atoms. The maximum Gasteiger partial charge on any atom is 0.257 e. The van der Waals surface area contributed by atoms with Crippen LogP contribution in [0.15, 0.2) is 30.3 Å². The van der Waals surface area contributed by atoms with Crippen LogP contribution in [0.5, 0.6) is 0 Å². The highest BCUT2D eigenvalue weighted by Gasteiger charge is 2.05. The summed E-state index contributed by atoms with van der Waals surface area (Å²) in [4.78, 5) is 11.8. The van der Waals surface area contributed by atoms with Crippen LogP contribution in [-0.2, 0) is 0 Å². The Morgan fingerprint density at radius 2 is 1.70 bits per heavy atom. The van der Waals surface area contributed by atoms with Crippen LogP contribution in [0.1, 0.15) is 55.8 Å². The van der Waals surface area contributed by atoms with Gasteiger partial charge in [-0.05, 0) is 30.8 Å². The third-order valence-electron chi connectivity index (χ3n) is 3.08. The summed E-state index contributed by atoms with van der Waals surface area (Å²) in [5.74, 6) is -0.161. The van der Waals surface area contributed by atoms with E-state index in [0.717, 1.165) is 13.0 Å². The predicted molar refractivity (Wildman–Crippen MR) is 87.9 cm³/mol. The van der Waals surface area contributed by atoms with Crippen LogP contribution in [-0.4, -0.2) is 17.6 Å². The number of rotatable bonds is 8. The Labute approximate surface area is 127 Å². The summed E-state index contributed by atoms with van der Waals surface area (Å²) in [7, 11) is 0. The molecule has 0 unspecified atom stereocenters. The predicted octanol–water partition coefficient (Wildman–Crippen LogP) is 3.65. The Morgan fingerprint density at radius 3 is 2.40 bits per heavy atom. The van der Waals surface area contributed by atoms with Crippen LogP contribution < -0.4 is 10.6 Å². The molecule has 110 valence electrons. The van der Waals surface area contributed by atoms with E-state index in [2.05, 4.69) is 17.6 Å². The minimum atomic E-state index is -0.161. The van der Waals surface area contributed by atoms with E-state index < -0.39 is 0 Å². The summed E-state index contributed by atoms with van der Waals surface area (Å²) in [6.07, 6.45) is 7.48. The van der Waals surface area contributed by atoms with Crippen molar-refractivity contribution < 1.29 is 4.79 Å².